The van der Waals surface area contributed by atoms with Crippen molar-refractivity contribution in [3.8, 4) is 5.69 Å². The Kier molecular flexibility index (Phi) is 6.04. The molecular weight excluding hydrogens is 358 g/mol. The molecule has 0 amide bonds. The van der Waals surface area contributed by atoms with Gasteiger partial charge in [0.25, 0.3) is 0 Å². The molecule has 3 heterocycles. The van der Waals surface area contributed by atoms with Gasteiger partial charge in [-0.05, 0) is 92.6 Å². The Morgan fingerprint density at radius 3 is 2.59 bits per heavy atom. The molecule has 0 saturated carbocycles. The second-order valence-corrected chi connectivity index (χ2v) is 9.90. The van der Waals surface area contributed by atoms with Crippen LogP contribution in [0.4, 0.5) is 0 Å². The fraction of sp³-hybridized carbons (Fsp3) is 0.583. The van der Waals surface area contributed by atoms with E-state index in [1.54, 1.807) is 12.7 Å². The molecule has 156 valence electrons. The molecule has 1 atom stereocenters. The Balaban J connectivity index is 1.50. The highest BCUT2D eigenvalue weighted by atomic mass is 15.2. The van der Waals surface area contributed by atoms with Crippen molar-refractivity contribution in [2.45, 2.75) is 59.3 Å². The van der Waals surface area contributed by atoms with Crippen molar-refractivity contribution in [1.29, 1.82) is 0 Å². The summed E-state index contributed by atoms with van der Waals surface area (Å²) in [5, 5.41) is 12.7. The zero-order chi connectivity index (χ0) is 20.3. The second kappa shape index (κ2) is 8.70. The first-order valence-corrected chi connectivity index (χ1v) is 11.2. The van der Waals surface area contributed by atoms with Crippen molar-refractivity contribution < 1.29 is 0 Å². The zero-order valence-electron chi connectivity index (χ0n) is 18.1. The van der Waals surface area contributed by atoms with E-state index in [-0.39, 0.29) is 0 Å². The molecule has 4 rings (SSSR count). The van der Waals surface area contributed by atoms with Crippen molar-refractivity contribution in [3.63, 3.8) is 0 Å². The third kappa shape index (κ3) is 5.08. The van der Waals surface area contributed by atoms with Crippen LogP contribution in [-0.2, 0) is 6.42 Å². The van der Waals surface area contributed by atoms with Crippen LogP contribution in [0, 0.1) is 17.3 Å². The van der Waals surface area contributed by atoms with E-state index < -0.39 is 0 Å². The maximum Gasteiger partial charge on any atom is 0.123 e. The molecular formula is C24H35N5. The summed E-state index contributed by atoms with van der Waals surface area (Å²) in [6.45, 7) is 9.49. The molecule has 1 fully saturated rings. The lowest BCUT2D eigenvalue weighted by atomic mass is 9.76. The molecule has 5 heteroatoms. The summed E-state index contributed by atoms with van der Waals surface area (Å²) in [4.78, 5) is 3.47. The van der Waals surface area contributed by atoms with Gasteiger partial charge in [0.1, 0.15) is 12.7 Å². The number of nitrogens with one attached hydrogen (secondary N) is 2. The predicted molar refractivity (Wildman–Crippen MR) is 119 cm³/mol. The number of piperidine rings is 1. The van der Waals surface area contributed by atoms with E-state index >= 15 is 0 Å². The van der Waals surface area contributed by atoms with Gasteiger partial charge in [0.15, 0.2) is 0 Å². The minimum Gasteiger partial charge on any atom is -0.361 e. The van der Waals surface area contributed by atoms with Gasteiger partial charge in [0, 0.05) is 22.8 Å². The number of hydrogen-bond donors (Lipinski definition) is 2. The number of fused-ring (bicyclic) bond motifs is 1. The number of hydrogen-bond acceptors (Lipinski definition) is 3. The average molecular weight is 394 g/mol. The largest absolute Gasteiger partial charge is 0.361 e. The molecule has 2 aromatic heterocycles. The molecule has 1 aromatic carbocycles. The number of H-pyrrole nitrogens is 1. The van der Waals surface area contributed by atoms with Gasteiger partial charge >= 0.3 is 0 Å². The quantitative estimate of drug-likeness (QED) is 0.585. The average Bonchev–Trinajstić information content (AvgIpc) is 3.38. The normalized spacial score (nSPS) is 17.1. The number of aryl methyl sites for hydroxylation is 1. The Morgan fingerprint density at radius 2 is 1.86 bits per heavy atom. The van der Waals surface area contributed by atoms with Gasteiger partial charge in [-0.25, -0.2) is 0 Å². The van der Waals surface area contributed by atoms with Crippen LogP contribution in [0.25, 0.3) is 16.6 Å². The minimum atomic E-state index is 0.416. The lowest BCUT2D eigenvalue weighted by Gasteiger charge is -2.32. The van der Waals surface area contributed by atoms with Crippen molar-refractivity contribution >= 4 is 10.9 Å². The number of nitrogens with zero attached hydrogens (tertiary/aromatic N) is 3. The monoisotopic (exact) mass is 393 g/mol. The van der Waals surface area contributed by atoms with Gasteiger partial charge in [-0.2, -0.15) is 0 Å². The van der Waals surface area contributed by atoms with Crippen molar-refractivity contribution in [3.05, 3.63) is 42.6 Å². The van der Waals surface area contributed by atoms with Crippen LogP contribution in [0.5, 0.6) is 0 Å². The maximum atomic E-state index is 3.94. The predicted octanol–water partition coefficient (Wildman–Crippen LogP) is 5.12. The van der Waals surface area contributed by atoms with Gasteiger partial charge in [-0.15, -0.1) is 10.2 Å². The van der Waals surface area contributed by atoms with Gasteiger partial charge in [-0.1, -0.05) is 20.8 Å². The third-order valence-corrected chi connectivity index (χ3v) is 6.57. The number of aromatic nitrogens is 4. The van der Waals surface area contributed by atoms with Crippen LogP contribution in [0.2, 0.25) is 0 Å². The lowest BCUT2D eigenvalue weighted by molar-refractivity contribution is 0.206. The van der Waals surface area contributed by atoms with E-state index in [0.717, 1.165) is 23.9 Å². The highest BCUT2D eigenvalue weighted by molar-refractivity contribution is 5.85. The summed E-state index contributed by atoms with van der Waals surface area (Å²) in [5.74, 6) is 1.69. The highest BCUT2D eigenvalue weighted by Gasteiger charge is 2.25. The van der Waals surface area contributed by atoms with Gasteiger partial charge in [-0.3, -0.25) is 4.57 Å². The first-order valence-electron chi connectivity index (χ1n) is 11.2. The molecule has 29 heavy (non-hydrogen) atoms. The summed E-state index contributed by atoms with van der Waals surface area (Å²) in [7, 11) is 0. The Morgan fingerprint density at radius 1 is 1.10 bits per heavy atom. The summed E-state index contributed by atoms with van der Waals surface area (Å²) in [6.07, 6.45) is 13.5. The number of aromatic amines is 1. The number of rotatable bonds is 7. The summed E-state index contributed by atoms with van der Waals surface area (Å²) in [5.41, 5.74) is 4.18. The van der Waals surface area contributed by atoms with Gasteiger partial charge in [0.05, 0.1) is 0 Å². The second-order valence-electron chi connectivity index (χ2n) is 9.90. The summed E-state index contributed by atoms with van der Waals surface area (Å²) < 4.78 is 1.97. The fourth-order valence-corrected chi connectivity index (χ4v) is 4.76. The van der Waals surface area contributed by atoms with E-state index in [1.807, 2.05) is 4.57 Å². The number of benzene rings is 1. The molecule has 0 radical (unpaired) electrons. The van der Waals surface area contributed by atoms with Crippen molar-refractivity contribution in [2.75, 3.05) is 13.1 Å². The van der Waals surface area contributed by atoms with E-state index in [0.29, 0.717) is 5.41 Å². The maximum absolute atomic E-state index is 3.94. The Labute approximate surface area is 174 Å². The lowest BCUT2D eigenvalue weighted by Crippen LogP contribution is -2.32. The molecule has 1 aliphatic heterocycles. The molecule has 1 saturated heterocycles. The van der Waals surface area contributed by atoms with Crippen LogP contribution in [0.3, 0.4) is 0 Å². The minimum absolute atomic E-state index is 0.416. The SMILES string of the molecule is CC(C)(C)CCC(CCc1c[nH]c2ccc(-n3cnnc3)cc12)C1CCNCC1. The molecule has 2 N–H and O–H groups in total. The standard InChI is InChI=1S/C24H35N5/c1-24(2,3)11-8-18(19-9-12-25-13-10-19)4-5-20-15-26-23-7-6-21(14-22(20)23)29-16-27-28-17-29/h6-7,14-19,25-26H,4-5,8-13H2,1-3H3. The molecule has 0 aliphatic carbocycles. The van der Waals surface area contributed by atoms with Gasteiger partial charge in [0.2, 0.25) is 0 Å². The topological polar surface area (TPSA) is 58.5 Å². The van der Waals surface area contributed by atoms with Crippen molar-refractivity contribution in [1.82, 2.24) is 25.1 Å². The van der Waals surface area contributed by atoms with E-state index in [4.69, 9.17) is 0 Å². The van der Waals surface area contributed by atoms with Gasteiger partial charge < -0.3 is 10.3 Å². The first kappa shape index (κ1) is 20.1. The molecule has 1 aliphatic rings. The van der Waals surface area contributed by atoms with E-state index in [1.165, 1.54) is 61.7 Å². The third-order valence-electron chi connectivity index (χ3n) is 6.57. The van der Waals surface area contributed by atoms with Crippen LogP contribution in [0.1, 0.15) is 58.4 Å². The highest BCUT2D eigenvalue weighted by Crippen LogP contribution is 2.34. The van der Waals surface area contributed by atoms with Crippen LogP contribution in [-0.4, -0.2) is 32.8 Å². The Hall–Kier alpha value is -2.14. The molecule has 0 bridgehead atoms. The van der Waals surface area contributed by atoms with E-state index in [2.05, 4.69) is 65.7 Å². The molecule has 5 nitrogen and oxygen atoms in total. The molecule has 0 spiro atoms. The van der Waals surface area contributed by atoms with Crippen LogP contribution >= 0.6 is 0 Å². The van der Waals surface area contributed by atoms with E-state index in [9.17, 15) is 0 Å². The molecule has 3 aromatic rings. The first-order chi connectivity index (χ1) is 14.0. The van der Waals surface area contributed by atoms with Crippen LogP contribution < -0.4 is 5.32 Å². The summed E-state index contributed by atoms with van der Waals surface area (Å²) in [6, 6.07) is 6.55. The fourth-order valence-electron chi connectivity index (χ4n) is 4.76. The summed E-state index contributed by atoms with van der Waals surface area (Å²) >= 11 is 0. The molecule has 1 unspecified atom stereocenters. The smallest absolute Gasteiger partial charge is 0.123 e. The Bertz CT molecular complexity index is 897. The van der Waals surface area contributed by atoms with Crippen LogP contribution in [0.15, 0.2) is 37.1 Å². The zero-order valence-corrected chi connectivity index (χ0v) is 18.1. The van der Waals surface area contributed by atoms with Crippen molar-refractivity contribution in [2.24, 2.45) is 17.3 Å².